The second-order valence-corrected chi connectivity index (χ2v) is 5.59. The van der Waals surface area contributed by atoms with Gasteiger partial charge in [-0.15, -0.1) is 0 Å². The molecule has 1 aliphatic heterocycles. The van der Waals surface area contributed by atoms with Crippen LogP contribution >= 0.6 is 0 Å². The number of rotatable bonds is 4. The molecule has 0 unspecified atom stereocenters. The van der Waals surface area contributed by atoms with Gasteiger partial charge in [0.2, 0.25) is 0 Å². The molecule has 1 heterocycles. The molecule has 0 saturated carbocycles. The van der Waals surface area contributed by atoms with E-state index in [9.17, 15) is 4.79 Å². The molecular formula is C16H24N2O. The molecule has 0 spiro atoms. The molecule has 1 aromatic carbocycles. The first-order valence-corrected chi connectivity index (χ1v) is 7.23. The van der Waals surface area contributed by atoms with Crippen LogP contribution in [0.5, 0.6) is 0 Å². The van der Waals surface area contributed by atoms with Gasteiger partial charge < -0.3 is 10.6 Å². The quantitative estimate of drug-likeness (QED) is 0.874. The first kappa shape index (κ1) is 14.1. The molecule has 0 aromatic heterocycles. The molecule has 0 aliphatic carbocycles. The van der Waals surface area contributed by atoms with Crippen molar-refractivity contribution in [2.75, 3.05) is 6.54 Å². The normalized spacial score (nSPS) is 14.9. The number of nitrogens with one attached hydrogen (secondary N) is 2. The highest BCUT2D eigenvalue weighted by Gasteiger charge is 2.24. The minimum absolute atomic E-state index is 0.0740. The maximum atomic E-state index is 12.5. The SMILES string of the molecule is CCC(C)(CC)NC(=O)c1cccc2c1CCNC2. The number of fused-ring (bicyclic) bond motifs is 1. The Kier molecular flexibility index (Phi) is 4.25. The molecule has 0 bridgehead atoms. The summed E-state index contributed by atoms with van der Waals surface area (Å²) in [7, 11) is 0. The number of benzene rings is 1. The highest BCUT2D eigenvalue weighted by Crippen LogP contribution is 2.21. The Labute approximate surface area is 115 Å². The fourth-order valence-corrected chi connectivity index (χ4v) is 2.51. The number of amides is 1. The van der Waals surface area contributed by atoms with Gasteiger partial charge in [0.1, 0.15) is 0 Å². The van der Waals surface area contributed by atoms with E-state index in [2.05, 4.69) is 37.5 Å². The summed E-state index contributed by atoms with van der Waals surface area (Å²) in [6, 6.07) is 6.04. The van der Waals surface area contributed by atoms with Gasteiger partial charge in [0, 0.05) is 17.6 Å². The molecule has 3 nitrogen and oxygen atoms in total. The molecule has 0 radical (unpaired) electrons. The van der Waals surface area contributed by atoms with Crippen LogP contribution in [-0.2, 0) is 13.0 Å². The third-order valence-electron chi connectivity index (χ3n) is 4.36. The molecule has 2 rings (SSSR count). The van der Waals surface area contributed by atoms with Crippen LogP contribution in [0.25, 0.3) is 0 Å². The molecule has 1 amide bonds. The summed E-state index contributed by atoms with van der Waals surface area (Å²) in [4.78, 5) is 12.5. The molecule has 0 fully saturated rings. The van der Waals surface area contributed by atoms with Crippen molar-refractivity contribution in [1.82, 2.24) is 10.6 Å². The van der Waals surface area contributed by atoms with Crippen molar-refractivity contribution >= 4 is 5.91 Å². The molecule has 0 saturated heterocycles. The summed E-state index contributed by atoms with van der Waals surface area (Å²) in [5.74, 6) is 0.0740. The van der Waals surface area contributed by atoms with Crippen molar-refractivity contribution in [2.45, 2.75) is 52.1 Å². The zero-order valence-corrected chi connectivity index (χ0v) is 12.2. The molecule has 2 N–H and O–H groups in total. The Balaban J connectivity index is 2.25. The Bertz CT molecular complexity index is 464. The first-order chi connectivity index (χ1) is 9.09. The van der Waals surface area contributed by atoms with E-state index in [1.165, 1.54) is 11.1 Å². The van der Waals surface area contributed by atoms with Gasteiger partial charge in [0.05, 0.1) is 0 Å². The maximum Gasteiger partial charge on any atom is 0.251 e. The summed E-state index contributed by atoms with van der Waals surface area (Å²) in [6.07, 6.45) is 2.84. The van der Waals surface area contributed by atoms with Gasteiger partial charge in [0.25, 0.3) is 5.91 Å². The summed E-state index contributed by atoms with van der Waals surface area (Å²) < 4.78 is 0. The Morgan fingerprint density at radius 3 is 2.79 bits per heavy atom. The average molecular weight is 260 g/mol. The highest BCUT2D eigenvalue weighted by atomic mass is 16.1. The zero-order chi connectivity index (χ0) is 13.9. The first-order valence-electron chi connectivity index (χ1n) is 7.23. The lowest BCUT2D eigenvalue weighted by molar-refractivity contribution is 0.0900. The minimum atomic E-state index is -0.104. The number of hydrogen-bond donors (Lipinski definition) is 2. The highest BCUT2D eigenvalue weighted by molar-refractivity contribution is 5.96. The lowest BCUT2D eigenvalue weighted by atomic mass is 9.92. The minimum Gasteiger partial charge on any atom is -0.347 e. The molecule has 1 aromatic rings. The van der Waals surface area contributed by atoms with Crippen molar-refractivity contribution in [1.29, 1.82) is 0 Å². The molecule has 1 aliphatic rings. The Morgan fingerprint density at radius 2 is 2.11 bits per heavy atom. The second kappa shape index (κ2) is 5.74. The molecule has 0 atom stereocenters. The van der Waals surface area contributed by atoms with Crippen LogP contribution < -0.4 is 10.6 Å². The van der Waals surface area contributed by atoms with Gasteiger partial charge in [-0.2, -0.15) is 0 Å². The summed E-state index contributed by atoms with van der Waals surface area (Å²) >= 11 is 0. The van der Waals surface area contributed by atoms with E-state index >= 15 is 0 Å². The number of carbonyl (C=O) groups excluding carboxylic acids is 1. The Hall–Kier alpha value is -1.35. The van der Waals surface area contributed by atoms with Crippen molar-refractivity contribution in [3.63, 3.8) is 0 Å². The lowest BCUT2D eigenvalue weighted by Gasteiger charge is -2.29. The van der Waals surface area contributed by atoms with E-state index < -0.39 is 0 Å². The van der Waals surface area contributed by atoms with Gasteiger partial charge in [-0.1, -0.05) is 26.0 Å². The number of carbonyl (C=O) groups is 1. The molecule has 19 heavy (non-hydrogen) atoms. The van der Waals surface area contributed by atoms with Crippen molar-refractivity contribution in [2.24, 2.45) is 0 Å². The van der Waals surface area contributed by atoms with E-state index in [1.54, 1.807) is 0 Å². The third-order valence-corrected chi connectivity index (χ3v) is 4.36. The summed E-state index contributed by atoms with van der Waals surface area (Å²) in [6.45, 7) is 8.18. The summed E-state index contributed by atoms with van der Waals surface area (Å²) in [5, 5.41) is 6.55. The maximum absolute atomic E-state index is 12.5. The van der Waals surface area contributed by atoms with Crippen molar-refractivity contribution < 1.29 is 4.79 Å². The largest absolute Gasteiger partial charge is 0.347 e. The smallest absolute Gasteiger partial charge is 0.251 e. The molecule has 3 heteroatoms. The van der Waals surface area contributed by atoms with Gasteiger partial charge in [-0.3, -0.25) is 4.79 Å². The predicted molar refractivity (Wildman–Crippen MR) is 78.3 cm³/mol. The van der Waals surface area contributed by atoms with E-state index in [0.717, 1.165) is 37.9 Å². The average Bonchev–Trinajstić information content (AvgIpc) is 2.46. The van der Waals surface area contributed by atoms with Crippen LogP contribution in [0.15, 0.2) is 18.2 Å². The number of hydrogen-bond acceptors (Lipinski definition) is 2. The van der Waals surface area contributed by atoms with E-state index in [1.807, 2.05) is 12.1 Å². The fourth-order valence-electron chi connectivity index (χ4n) is 2.51. The summed E-state index contributed by atoms with van der Waals surface area (Å²) in [5.41, 5.74) is 3.22. The standard InChI is InChI=1S/C16H24N2O/c1-4-16(3,5-2)18-15(19)14-8-6-7-12-11-17-10-9-13(12)14/h6-8,17H,4-5,9-11H2,1-3H3,(H,18,19). The Morgan fingerprint density at radius 1 is 1.37 bits per heavy atom. The van der Waals surface area contributed by atoms with E-state index in [4.69, 9.17) is 0 Å². The van der Waals surface area contributed by atoms with Crippen LogP contribution in [0.3, 0.4) is 0 Å². The van der Waals surface area contributed by atoms with Gasteiger partial charge in [0.15, 0.2) is 0 Å². The van der Waals surface area contributed by atoms with Crippen LogP contribution in [-0.4, -0.2) is 18.0 Å². The molecular weight excluding hydrogens is 236 g/mol. The van der Waals surface area contributed by atoms with Crippen molar-refractivity contribution in [3.05, 3.63) is 34.9 Å². The van der Waals surface area contributed by atoms with E-state index in [-0.39, 0.29) is 11.4 Å². The zero-order valence-electron chi connectivity index (χ0n) is 12.2. The van der Waals surface area contributed by atoms with Gasteiger partial charge in [-0.05, 0) is 49.9 Å². The van der Waals surface area contributed by atoms with Crippen LogP contribution in [0, 0.1) is 0 Å². The predicted octanol–water partition coefficient (Wildman–Crippen LogP) is 2.64. The van der Waals surface area contributed by atoms with Gasteiger partial charge >= 0.3 is 0 Å². The van der Waals surface area contributed by atoms with Gasteiger partial charge in [-0.25, -0.2) is 0 Å². The lowest BCUT2D eigenvalue weighted by Crippen LogP contribution is -2.45. The van der Waals surface area contributed by atoms with Crippen LogP contribution in [0.2, 0.25) is 0 Å². The van der Waals surface area contributed by atoms with Crippen LogP contribution in [0.4, 0.5) is 0 Å². The van der Waals surface area contributed by atoms with E-state index in [0.29, 0.717) is 0 Å². The third kappa shape index (κ3) is 2.98. The van der Waals surface area contributed by atoms with Crippen molar-refractivity contribution in [3.8, 4) is 0 Å². The monoisotopic (exact) mass is 260 g/mol. The molecule has 104 valence electrons. The fraction of sp³-hybridized carbons (Fsp3) is 0.562. The second-order valence-electron chi connectivity index (χ2n) is 5.59. The van der Waals surface area contributed by atoms with Crippen LogP contribution in [0.1, 0.15) is 55.1 Å². The topological polar surface area (TPSA) is 41.1 Å².